The summed E-state index contributed by atoms with van der Waals surface area (Å²) in [5.74, 6) is -0.290. The number of hydrogen-bond donors (Lipinski definition) is 2. The van der Waals surface area contributed by atoms with Crippen molar-refractivity contribution in [2.45, 2.75) is 6.54 Å². The molecule has 1 amide bonds. The summed E-state index contributed by atoms with van der Waals surface area (Å²) >= 11 is 30.4. The van der Waals surface area contributed by atoms with E-state index in [1.54, 1.807) is 6.07 Å². The summed E-state index contributed by atoms with van der Waals surface area (Å²) in [6.07, 6.45) is 0. The number of carbonyl (C=O) groups is 1. The number of nitrogens with one attached hydrogen (secondary N) is 2. The van der Waals surface area contributed by atoms with Gasteiger partial charge in [0.25, 0.3) is 5.91 Å². The number of amides is 1. The number of thiocarbonyl (C=S) groups is 1. The van der Waals surface area contributed by atoms with Gasteiger partial charge in [-0.15, -0.1) is 0 Å². The Morgan fingerprint density at radius 2 is 1.68 bits per heavy atom. The highest BCUT2D eigenvalue weighted by atomic mass is 35.5. The average Bonchev–Trinajstić information content (AvgIpc) is 2.85. The Morgan fingerprint density at radius 3 is 2.35 bits per heavy atom. The highest BCUT2D eigenvalue weighted by Crippen LogP contribution is 2.33. The molecule has 11 heteroatoms. The third kappa shape index (κ3) is 6.99. The van der Waals surface area contributed by atoms with E-state index in [9.17, 15) is 4.79 Å². The average molecular weight is 598 g/mol. The molecule has 1 aliphatic rings. The van der Waals surface area contributed by atoms with Crippen molar-refractivity contribution >= 4 is 81.0 Å². The number of benzene rings is 3. The first-order valence-corrected chi connectivity index (χ1v) is 13.3. The zero-order valence-corrected chi connectivity index (χ0v) is 23.7. The lowest BCUT2D eigenvalue weighted by Crippen LogP contribution is -2.46. The molecule has 0 bridgehead atoms. The second-order valence-corrected chi connectivity index (χ2v) is 10.5. The molecular weight excluding hydrogens is 574 g/mol. The summed E-state index contributed by atoms with van der Waals surface area (Å²) in [6.45, 7) is 4.30. The Morgan fingerprint density at radius 1 is 0.946 bits per heavy atom. The quantitative estimate of drug-likeness (QED) is 0.306. The van der Waals surface area contributed by atoms with Crippen molar-refractivity contribution in [3.63, 3.8) is 0 Å². The number of ether oxygens (including phenoxy) is 1. The van der Waals surface area contributed by atoms with E-state index in [-0.39, 0.29) is 21.4 Å². The third-order valence-corrected chi connectivity index (χ3v) is 7.33. The molecule has 0 radical (unpaired) electrons. The van der Waals surface area contributed by atoms with Gasteiger partial charge in [-0.2, -0.15) is 0 Å². The van der Waals surface area contributed by atoms with Gasteiger partial charge in [-0.3, -0.25) is 15.0 Å². The van der Waals surface area contributed by atoms with Crippen molar-refractivity contribution in [1.29, 1.82) is 0 Å². The monoisotopic (exact) mass is 596 g/mol. The minimum absolute atomic E-state index is 0.0974. The molecule has 3 aromatic carbocycles. The van der Waals surface area contributed by atoms with Crippen molar-refractivity contribution in [2.24, 2.45) is 0 Å². The van der Waals surface area contributed by atoms with Gasteiger partial charge in [0, 0.05) is 48.5 Å². The van der Waals surface area contributed by atoms with Gasteiger partial charge < -0.3 is 15.0 Å². The van der Waals surface area contributed by atoms with Crippen LogP contribution >= 0.6 is 58.6 Å². The van der Waals surface area contributed by atoms with Crippen LogP contribution in [0.3, 0.4) is 0 Å². The Hall–Kier alpha value is -2.26. The van der Waals surface area contributed by atoms with Crippen molar-refractivity contribution < 1.29 is 9.53 Å². The number of nitrogens with zero attached hydrogens (tertiary/aromatic N) is 2. The molecule has 1 fully saturated rings. The summed E-state index contributed by atoms with van der Waals surface area (Å²) in [6, 6.07) is 16.5. The van der Waals surface area contributed by atoms with Crippen molar-refractivity contribution in [2.75, 3.05) is 43.5 Å². The molecule has 0 aliphatic carbocycles. The molecule has 1 saturated heterocycles. The first-order valence-electron chi connectivity index (χ1n) is 11.4. The van der Waals surface area contributed by atoms with Gasteiger partial charge in [0.05, 0.1) is 28.4 Å². The maximum absolute atomic E-state index is 12.7. The second kappa shape index (κ2) is 12.5. The summed E-state index contributed by atoms with van der Waals surface area (Å²) in [4.78, 5) is 17.4. The highest BCUT2D eigenvalue weighted by Gasteiger charge is 2.21. The number of piperazine rings is 1. The Bertz CT molecular complexity index is 1320. The van der Waals surface area contributed by atoms with Gasteiger partial charge in [-0.05, 0) is 54.2 Å². The smallest absolute Gasteiger partial charge is 0.261 e. The zero-order chi connectivity index (χ0) is 26.5. The maximum Gasteiger partial charge on any atom is 0.261 e. The number of anilines is 2. The van der Waals surface area contributed by atoms with Gasteiger partial charge in [-0.1, -0.05) is 64.6 Å². The van der Waals surface area contributed by atoms with Crippen LogP contribution in [0.25, 0.3) is 0 Å². The second-order valence-electron chi connectivity index (χ2n) is 8.40. The molecule has 6 nitrogen and oxygen atoms in total. The standard InChI is InChI=1S/C26H24Cl4N4O2S/c1-36-24-19(12-17(27)13-22(24)30)25(35)32-26(37)31-18-6-7-23(21(29)14-18)34-10-8-33(9-11-34)15-16-4-2-3-5-20(16)28/h2-7,12-14H,8-11,15H2,1H3,(H2,31,32,35,37). The number of hydrogen-bond acceptors (Lipinski definition) is 5. The number of halogens is 4. The minimum Gasteiger partial charge on any atom is -0.494 e. The molecule has 2 N–H and O–H groups in total. The molecule has 3 aromatic rings. The third-order valence-electron chi connectivity index (χ3n) is 5.95. The van der Waals surface area contributed by atoms with E-state index in [0.717, 1.165) is 49.0 Å². The molecule has 4 rings (SSSR count). The van der Waals surface area contributed by atoms with Crippen LogP contribution in [0.4, 0.5) is 11.4 Å². The van der Waals surface area contributed by atoms with E-state index in [4.69, 9.17) is 63.4 Å². The van der Waals surface area contributed by atoms with Gasteiger partial charge in [0.1, 0.15) is 5.75 Å². The van der Waals surface area contributed by atoms with Crippen LogP contribution in [0.1, 0.15) is 15.9 Å². The number of methoxy groups -OCH3 is 1. The summed E-state index contributed by atoms with van der Waals surface area (Å²) in [5, 5.41) is 7.61. The SMILES string of the molecule is COc1c(Cl)cc(Cl)cc1C(=O)NC(=S)Nc1ccc(N2CCN(Cc3ccccc3Cl)CC2)c(Cl)c1. The molecule has 0 atom stereocenters. The van der Waals surface area contributed by atoms with E-state index in [1.807, 2.05) is 30.3 Å². The highest BCUT2D eigenvalue weighted by molar-refractivity contribution is 7.80. The molecular formula is C26H24Cl4N4O2S. The first-order chi connectivity index (χ1) is 17.7. The predicted octanol–water partition coefficient (Wildman–Crippen LogP) is 6.76. The lowest BCUT2D eigenvalue weighted by atomic mass is 10.2. The van der Waals surface area contributed by atoms with E-state index in [0.29, 0.717) is 15.7 Å². The van der Waals surface area contributed by atoms with Crippen molar-refractivity contribution in [1.82, 2.24) is 10.2 Å². The fraction of sp³-hybridized carbons (Fsp3) is 0.231. The Labute approximate surface area is 241 Å². The van der Waals surface area contributed by atoms with E-state index >= 15 is 0 Å². The van der Waals surface area contributed by atoms with Gasteiger partial charge in [0.15, 0.2) is 5.11 Å². The molecule has 0 saturated carbocycles. The Kier molecular flexibility index (Phi) is 9.40. The Balaban J connectivity index is 1.34. The molecule has 194 valence electrons. The van der Waals surface area contributed by atoms with Gasteiger partial charge >= 0.3 is 0 Å². The molecule has 1 aliphatic heterocycles. The first kappa shape index (κ1) is 27.8. The summed E-state index contributed by atoms with van der Waals surface area (Å²) in [5.41, 5.74) is 2.89. The number of rotatable bonds is 6. The van der Waals surface area contributed by atoms with Crippen LogP contribution < -0.4 is 20.3 Å². The van der Waals surface area contributed by atoms with Crippen LogP contribution in [-0.4, -0.2) is 49.2 Å². The van der Waals surface area contributed by atoms with Crippen LogP contribution in [0, 0.1) is 0 Å². The fourth-order valence-electron chi connectivity index (χ4n) is 4.12. The van der Waals surface area contributed by atoms with E-state index in [2.05, 4.69) is 26.5 Å². The number of carbonyl (C=O) groups excluding carboxylic acids is 1. The molecule has 37 heavy (non-hydrogen) atoms. The van der Waals surface area contributed by atoms with Crippen LogP contribution in [0.15, 0.2) is 54.6 Å². The largest absolute Gasteiger partial charge is 0.494 e. The molecule has 0 unspecified atom stereocenters. The van der Waals surface area contributed by atoms with Crippen LogP contribution in [0.2, 0.25) is 20.1 Å². The molecule has 1 heterocycles. The molecule has 0 spiro atoms. The normalized spacial score (nSPS) is 13.8. The van der Waals surface area contributed by atoms with Crippen LogP contribution in [-0.2, 0) is 6.54 Å². The zero-order valence-electron chi connectivity index (χ0n) is 19.9. The lowest BCUT2D eigenvalue weighted by Gasteiger charge is -2.36. The van der Waals surface area contributed by atoms with Crippen molar-refractivity contribution in [3.8, 4) is 5.75 Å². The lowest BCUT2D eigenvalue weighted by molar-refractivity contribution is 0.0975. The topological polar surface area (TPSA) is 56.8 Å². The predicted molar refractivity (Wildman–Crippen MR) is 157 cm³/mol. The summed E-state index contributed by atoms with van der Waals surface area (Å²) < 4.78 is 5.23. The summed E-state index contributed by atoms with van der Waals surface area (Å²) in [7, 11) is 1.42. The fourth-order valence-corrected chi connectivity index (χ4v) is 5.40. The minimum atomic E-state index is -0.504. The van der Waals surface area contributed by atoms with Crippen LogP contribution in [0.5, 0.6) is 5.75 Å². The van der Waals surface area contributed by atoms with Crippen molar-refractivity contribution in [3.05, 3.63) is 85.8 Å². The van der Waals surface area contributed by atoms with Gasteiger partial charge in [-0.25, -0.2) is 0 Å². The maximum atomic E-state index is 12.7. The van der Waals surface area contributed by atoms with E-state index < -0.39 is 5.91 Å². The van der Waals surface area contributed by atoms with Gasteiger partial charge in [0.2, 0.25) is 0 Å². The molecule has 0 aromatic heterocycles. The van der Waals surface area contributed by atoms with E-state index in [1.165, 1.54) is 19.2 Å².